The summed E-state index contributed by atoms with van der Waals surface area (Å²) in [5.74, 6) is 0. The number of anilines is 1. The topological polar surface area (TPSA) is 95.8 Å². The van der Waals surface area contributed by atoms with Crippen molar-refractivity contribution in [3.05, 3.63) is 28.3 Å². The summed E-state index contributed by atoms with van der Waals surface area (Å²) in [5, 5.41) is 14.1. The van der Waals surface area contributed by atoms with E-state index in [0.29, 0.717) is 12.6 Å². The Kier molecular flexibility index (Phi) is 6.32. The van der Waals surface area contributed by atoms with Gasteiger partial charge in [0.05, 0.1) is 9.82 Å². The van der Waals surface area contributed by atoms with E-state index in [2.05, 4.69) is 15.1 Å². The molecule has 8 nitrogen and oxygen atoms in total. The zero-order valence-corrected chi connectivity index (χ0v) is 15.7. The van der Waals surface area contributed by atoms with E-state index >= 15 is 0 Å². The van der Waals surface area contributed by atoms with Gasteiger partial charge in [-0.15, -0.1) is 0 Å². The summed E-state index contributed by atoms with van der Waals surface area (Å²) in [6, 6.07) is 2.19. The molecule has 1 heterocycles. The van der Waals surface area contributed by atoms with E-state index < -0.39 is 30.9 Å². The van der Waals surface area contributed by atoms with Crippen LogP contribution in [0.1, 0.15) is 6.92 Å². The molecule has 2 rings (SSSR count). The predicted octanol–water partition coefficient (Wildman–Crippen LogP) is 1.94. The number of benzene rings is 1. The number of hydrogen-bond acceptors (Lipinski definition) is 7. The van der Waals surface area contributed by atoms with Crippen molar-refractivity contribution in [2.24, 2.45) is 0 Å². The standard InChI is InChI=1S/C15H21F3N4O4S/c1-11(21-7-5-20(2)6-8-21)10-19-13-4-3-12(9-14(13)22(23)24)27(25,26)15(16,17)18/h3-4,9,11,19H,5-8,10H2,1-2H3. The van der Waals surface area contributed by atoms with E-state index in [0.717, 1.165) is 38.3 Å². The van der Waals surface area contributed by atoms with Gasteiger partial charge in [-0.05, 0) is 26.1 Å². The number of hydrogen-bond donors (Lipinski definition) is 1. The van der Waals surface area contributed by atoms with Crippen LogP contribution in [0.2, 0.25) is 0 Å². The highest BCUT2D eigenvalue weighted by Crippen LogP contribution is 2.34. The Hall–Kier alpha value is -1.92. The van der Waals surface area contributed by atoms with Crippen molar-refractivity contribution in [1.29, 1.82) is 0 Å². The van der Waals surface area contributed by atoms with Crippen LogP contribution in [0.25, 0.3) is 0 Å². The van der Waals surface area contributed by atoms with Gasteiger partial charge >= 0.3 is 5.51 Å². The smallest absolute Gasteiger partial charge is 0.378 e. The normalized spacial score (nSPS) is 18.3. The summed E-state index contributed by atoms with van der Waals surface area (Å²) < 4.78 is 60.9. The molecule has 0 saturated carbocycles. The third-order valence-corrected chi connectivity index (χ3v) is 6.01. The van der Waals surface area contributed by atoms with Gasteiger partial charge in [0.2, 0.25) is 0 Å². The van der Waals surface area contributed by atoms with Gasteiger partial charge < -0.3 is 10.2 Å². The summed E-state index contributed by atoms with van der Waals surface area (Å²) in [4.78, 5) is 13.5. The molecule has 12 heteroatoms. The lowest BCUT2D eigenvalue weighted by molar-refractivity contribution is -0.384. The van der Waals surface area contributed by atoms with E-state index in [1.165, 1.54) is 0 Å². The summed E-state index contributed by atoms with van der Waals surface area (Å²) in [6.45, 7) is 5.74. The van der Waals surface area contributed by atoms with Crippen LogP contribution in [0.5, 0.6) is 0 Å². The average molecular weight is 410 g/mol. The molecule has 0 aromatic heterocycles. The average Bonchev–Trinajstić information content (AvgIpc) is 2.59. The number of alkyl halides is 3. The molecular formula is C15H21F3N4O4S. The molecule has 0 aliphatic carbocycles. The molecule has 1 atom stereocenters. The first-order chi connectivity index (χ1) is 12.4. The Balaban J connectivity index is 2.16. The number of sulfone groups is 1. The minimum absolute atomic E-state index is 0.0258. The molecule has 1 fully saturated rings. The number of nitrogens with one attached hydrogen (secondary N) is 1. The van der Waals surface area contributed by atoms with Crippen LogP contribution in [-0.4, -0.2) is 74.5 Å². The molecule has 1 aliphatic rings. The van der Waals surface area contributed by atoms with Gasteiger partial charge in [-0.3, -0.25) is 15.0 Å². The Labute approximate surface area is 155 Å². The predicted molar refractivity (Wildman–Crippen MR) is 93.4 cm³/mol. The maximum atomic E-state index is 12.7. The van der Waals surface area contributed by atoms with E-state index in [4.69, 9.17) is 0 Å². The summed E-state index contributed by atoms with van der Waals surface area (Å²) in [5.41, 5.74) is -6.26. The molecule has 1 unspecified atom stereocenters. The zero-order valence-electron chi connectivity index (χ0n) is 14.9. The zero-order chi connectivity index (χ0) is 20.4. The van der Waals surface area contributed by atoms with Gasteiger partial charge in [0.1, 0.15) is 5.69 Å². The lowest BCUT2D eigenvalue weighted by Crippen LogP contribution is -2.49. The highest BCUT2D eigenvalue weighted by Gasteiger charge is 2.47. The van der Waals surface area contributed by atoms with Crippen molar-refractivity contribution < 1.29 is 26.5 Å². The Morgan fingerprint density at radius 3 is 2.37 bits per heavy atom. The molecule has 1 N–H and O–H groups in total. The molecule has 27 heavy (non-hydrogen) atoms. The number of nitro benzene ring substituents is 1. The van der Waals surface area contributed by atoms with E-state index in [1.807, 2.05) is 14.0 Å². The second kappa shape index (κ2) is 7.98. The van der Waals surface area contributed by atoms with Gasteiger partial charge in [-0.1, -0.05) is 0 Å². The molecule has 1 aromatic carbocycles. The second-order valence-corrected chi connectivity index (χ2v) is 8.40. The third kappa shape index (κ3) is 4.87. The minimum Gasteiger partial charge on any atom is -0.378 e. The molecular weight excluding hydrogens is 389 g/mol. The molecule has 1 aromatic rings. The number of rotatable bonds is 6. The van der Waals surface area contributed by atoms with E-state index in [1.54, 1.807) is 0 Å². The number of piperazine rings is 1. The molecule has 0 radical (unpaired) electrons. The van der Waals surface area contributed by atoms with Gasteiger partial charge in [0.15, 0.2) is 0 Å². The van der Waals surface area contributed by atoms with Crippen LogP contribution in [0, 0.1) is 10.1 Å². The van der Waals surface area contributed by atoms with Crippen LogP contribution in [0.15, 0.2) is 23.1 Å². The summed E-state index contributed by atoms with van der Waals surface area (Å²) >= 11 is 0. The van der Waals surface area contributed by atoms with Crippen LogP contribution < -0.4 is 5.32 Å². The lowest BCUT2D eigenvalue weighted by Gasteiger charge is -2.36. The number of nitrogens with zero attached hydrogens (tertiary/aromatic N) is 3. The first-order valence-electron chi connectivity index (χ1n) is 8.19. The SMILES string of the molecule is CC(CNc1ccc(S(=O)(=O)C(F)(F)F)cc1[N+](=O)[O-])N1CCN(C)CC1. The quantitative estimate of drug-likeness (QED) is 0.566. The van der Waals surface area contributed by atoms with Gasteiger partial charge in [0.25, 0.3) is 15.5 Å². The molecule has 1 saturated heterocycles. The van der Waals surface area contributed by atoms with E-state index in [9.17, 15) is 31.7 Å². The molecule has 1 aliphatic heterocycles. The minimum atomic E-state index is -5.65. The number of nitro groups is 1. The van der Waals surface area contributed by atoms with Crippen molar-refractivity contribution in [2.45, 2.75) is 23.4 Å². The molecule has 0 spiro atoms. The third-order valence-electron chi connectivity index (χ3n) is 4.53. The van der Waals surface area contributed by atoms with Crippen LogP contribution >= 0.6 is 0 Å². The van der Waals surface area contributed by atoms with Crippen LogP contribution in [0.3, 0.4) is 0 Å². The Morgan fingerprint density at radius 2 is 1.85 bits per heavy atom. The monoisotopic (exact) mass is 410 g/mol. The fraction of sp³-hybridized carbons (Fsp3) is 0.600. The Bertz CT molecular complexity index is 793. The fourth-order valence-electron chi connectivity index (χ4n) is 2.76. The molecule has 0 bridgehead atoms. The summed E-state index contributed by atoms with van der Waals surface area (Å²) in [7, 11) is -3.63. The van der Waals surface area contributed by atoms with Crippen LogP contribution in [0.4, 0.5) is 24.5 Å². The van der Waals surface area contributed by atoms with Crippen molar-refractivity contribution in [3.8, 4) is 0 Å². The first kappa shape index (κ1) is 21.4. The first-order valence-corrected chi connectivity index (χ1v) is 9.68. The maximum Gasteiger partial charge on any atom is 0.501 e. The van der Waals surface area contributed by atoms with Crippen molar-refractivity contribution in [2.75, 3.05) is 45.1 Å². The van der Waals surface area contributed by atoms with Crippen molar-refractivity contribution in [3.63, 3.8) is 0 Å². The van der Waals surface area contributed by atoms with Gasteiger partial charge in [-0.25, -0.2) is 8.42 Å². The molecule has 0 amide bonds. The maximum absolute atomic E-state index is 12.7. The van der Waals surface area contributed by atoms with Gasteiger partial charge in [0, 0.05) is 44.8 Å². The van der Waals surface area contributed by atoms with Crippen molar-refractivity contribution in [1.82, 2.24) is 9.80 Å². The molecule has 152 valence electrons. The largest absolute Gasteiger partial charge is 0.501 e. The fourth-order valence-corrected chi connectivity index (χ4v) is 3.54. The number of halogens is 3. The lowest BCUT2D eigenvalue weighted by atomic mass is 10.2. The van der Waals surface area contributed by atoms with Crippen molar-refractivity contribution >= 4 is 21.2 Å². The highest BCUT2D eigenvalue weighted by molar-refractivity contribution is 7.92. The Morgan fingerprint density at radius 1 is 1.26 bits per heavy atom. The highest BCUT2D eigenvalue weighted by atomic mass is 32.2. The van der Waals surface area contributed by atoms with Crippen LogP contribution in [-0.2, 0) is 9.84 Å². The van der Waals surface area contributed by atoms with Gasteiger partial charge in [-0.2, -0.15) is 13.2 Å². The number of likely N-dealkylation sites (N-methyl/N-ethyl adjacent to an activating group) is 1. The summed E-state index contributed by atoms with van der Waals surface area (Å²) in [6.07, 6.45) is 0. The van der Waals surface area contributed by atoms with E-state index in [-0.39, 0.29) is 11.7 Å². The second-order valence-electron chi connectivity index (χ2n) is 6.45.